The van der Waals surface area contributed by atoms with Gasteiger partial charge in [0.15, 0.2) is 0 Å². The topological polar surface area (TPSA) is 78.7 Å². The fourth-order valence-electron chi connectivity index (χ4n) is 2.73. The molecule has 0 aliphatic carbocycles. The average Bonchev–Trinajstić information content (AvgIpc) is 3.18. The van der Waals surface area contributed by atoms with Gasteiger partial charge in [-0.05, 0) is 23.6 Å². The molecule has 0 atom stereocenters. The van der Waals surface area contributed by atoms with Gasteiger partial charge in [-0.2, -0.15) is 0 Å². The van der Waals surface area contributed by atoms with E-state index in [0.29, 0.717) is 17.1 Å². The van der Waals surface area contributed by atoms with Crippen LogP contribution in [-0.2, 0) is 11.3 Å². The van der Waals surface area contributed by atoms with Crippen LogP contribution in [0.3, 0.4) is 0 Å². The van der Waals surface area contributed by atoms with Gasteiger partial charge in [0.2, 0.25) is 5.91 Å². The third kappa shape index (κ3) is 5.02. The van der Waals surface area contributed by atoms with E-state index in [2.05, 4.69) is 21.2 Å². The van der Waals surface area contributed by atoms with Crippen LogP contribution in [0.2, 0.25) is 4.34 Å². The molecule has 0 unspecified atom stereocenters. The molecule has 1 fully saturated rings. The summed E-state index contributed by atoms with van der Waals surface area (Å²) in [6.07, 6.45) is 0. The highest BCUT2D eigenvalue weighted by molar-refractivity contribution is 7.16. The van der Waals surface area contributed by atoms with Crippen LogP contribution >= 0.6 is 34.3 Å². The average molecular weight is 399 g/mol. The van der Waals surface area contributed by atoms with Gasteiger partial charge in [0.25, 0.3) is 5.91 Å². The van der Waals surface area contributed by atoms with Gasteiger partial charge in [-0.3, -0.25) is 19.4 Å². The molecule has 0 aromatic carbocycles. The first-order chi connectivity index (χ1) is 12.0. The van der Waals surface area contributed by atoms with E-state index >= 15 is 0 Å². The fraction of sp³-hybridized carbons (Fsp3) is 0.375. The number of hydrogen-bond donors (Lipinski definition) is 2. The number of nitrogens with two attached hydrogens (primary N) is 1. The maximum atomic E-state index is 12.2. The molecule has 0 bridgehead atoms. The molecule has 134 valence electrons. The molecule has 3 heterocycles. The van der Waals surface area contributed by atoms with Crippen LogP contribution in [0.15, 0.2) is 23.6 Å². The van der Waals surface area contributed by atoms with Gasteiger partial charge >= 0.3 is 0 Å². The van der Waals surface area contributed by atoms with Gasteiger partial charge in [-0.15, -0.1) is 22.7 Å². The summed E-state index contributed by atoms with van der Waals surface area (Å²) in [6, 6.07) is 5.61. The van der Waals surface area contributed by atoms with Crippen LogP contribution in [0.5, 0.6) is 0 Å². The van der Waals surface area contributed by atoms with Crippen molar-refractivity contribution in [2.75, 3.05) is 38.0 Å². The second-order valence-corrected chi connectivity index (χ2v) is 8.55. The van der Waals surface area contributed by atoms with Crippen molar-refractivity contribution >= 4 is 51.1 Å². The van der Waals surface area contributed by atoms with Gasteiger partial charge in [0.1, 0.15) is 5.00 Å². The van der Waals surface area contributed by atoms with Crippen LogP contribution in [0.1, 0.15) is 15.2 Å². The van der Waals surface area contributed by atoms with Crippen molar-refractivity contribution in [1.82, 2.24) is 9.80 Å². The molecule has 2 amide bonds. The monoisotopic (exact) mass is 398 g/mol. The number of anilines is 1. The first kappa shape index (κ1) is 18.3. The van der Waals surface area contributed by atoms with Crippen LogP contribution in [-0.4, -0.2) is 54.3 Å². The Kier molecular flexibility index (Phi) is 6.08. The van der Waals surface area contributed by atoms with E-state index in [0.717, 1.165) is 37.1 Å². The molecule has 9 heteroatoms. The van der Waals surface area contributed by atoms with Crippen molar-refractivity contribution in [3.05, 3.63) is 38.4 Å². The molecule has 0 spiro atoms. The van der Waals surface area contributed by atoms with E-state index < -0.39 is 5.91 Å². The minimum Gasteiger partial charge on any atom is -0.366 e. The van der Waals surface area contributed by atoms with Crippen LogP contribution in [0, 0.1) is 0 Å². The van der Waals surface area contributed by atoms with Crippen molar-refractivity contribution in [2.45, 2.75) is 6.54 Å². The highest BCUT2D eigenvalue weighted by Crippen LogP contribution is 2.24. The number of amides is 2. The Morgan fingerprint density at radius 3 is 2.52 bits per heavy atom. The maximum absolute atomic E-state index is 12.2. The van der Waals surface area contributed by atoms with Crippen molar-refractivity contribution in [2.24, 2.45) is 5.73 Å². The van der Waals surface area contributed by atoms with E-state index in [1.807, 2.05) is 6.07 Å². The minimum absolute atomic E-state index is 0.122. The Labute approximate surface area is 159 Å². The lowest BCUT2D eigenvalue weighted by Gasteiger charge is -2.33. The zero-order chi connectivity index (χ0) is 17.8. The number of halogens is 1. The number of primary amides is 1. The molecule has 2 aromatic heterocycles. The lowest BCUT2D eigenvalue weighted by Crippen LogP contribution is -2.48. The number of nitrogens with one attached hydrogen (secondary N) is 1. The predicted molar refractivity (Wildman–Crippen MR) is 103 cm³/mol. The lowest BCUT2D eigenvalue weighted by molar-refractivity contribution is -0.117. The van der Waals surface area contributed by atoms with Gasteiger partial charge in [0.05, 0.1) is 16.4 Å². The van der Waals surface area contributed by atoms with Crippen molar-refractivity contribution < 1.29 is 9.59 Å². The first-order valence-electron chi connectivity index (χ1n) is 7.87. The van der Waals surface area contributed by atoms with Crippen LogP contribution < -0.4 is 11.1 Å². The standard InChI is InChI=1S/C16H19ClN4O2S2/c17-13-2-1-11(25-13)9-20-4-6-21(7-5-20)10-14(22)19-16-12(15(18)23)3-8-24-16/h1-3,8H,4-7,9-10H2,(H2,18,23)(H,19,22). The molecule has 1 aliphatic heterocycles. The second-order valence-electron chi connectivity index (χ2n) is 5.83. The molecule has 0 saturated carbocycles. The molecule has 2 aromatic rings. The number of thiophene rings is 2. The van der Waals surface area contributed by atoms with E-state index in [9.17, 15) is 9.59 Å². The Morgan fingerprint density at radius 2 is 1.88 bits per heavy atom. The minimum atomic E-state index is -0.529. The second kappa shape index (κ2) is 8.29. The summed E-state index contributed by atoms with van der Waals surface area (Å²) in [5.74, 6) is -0.651. The largest absolute Gasteiger partial charge is 0.366 e. The van der Waals surface area contributed by atoms with Crippen molar-refractivity contribution in [3.63, 3.8) is 0 Å². The molecular weight excluding hydrogens is 380 g/mol. The predicted octanol–water partition coefficient (Wildman–Crippen LogP) is 2.32. The van der Waals surface area contributed by atoms with E-state index in [4.69, 9.17) is 17.3 Å². The third-order valence-corrected chi connectivity index (χ3v) is 6.07. The molecule has 1 aliphatic rings. The number of carbonyl (C=O) groups is 2. The van der Waals surface area contributed by atoms with Crippen molar-refractivity contribution in [3.8, 4) is 0 Å². The number of hydrogen-bond acceptors (Lipinski definition) is 6. The summed E-state index contributed by atoms with van der Waals surface area (Å²) in [6.45, 7) is 4.70. The molecule has 3 rings (SSSR count). The van der Waals surface area contributed by atoms with Gasteiger partial charge < -0.3 is 11.1 Å². The summed E-state index contributed by atoms with van der Waals surface area (Å²) in [7, 11) is 0. The van der Waals surface area contributed by atoms with Crippen LogP contribution in [0.4, 0.5) is 5.00 Å². The van der Waals surface area contributed by atoms with E-state index in [1.165, 1.54) is 16.2 Å². The van der Waals surface area contributed by atoms with Gasteiger partial charge in [-0.25, -0.2) is 0 Å². The Bertz CT molecular complexity index is 753. The van der Waals surface area contributed by atoms with E-state index in [-0.39, 0.29) is 5.91 Å². The summed E-state index contributed by atoms with van der Waals surface area (Å²) < 4.78 is 0.814. The maximum Gasteiger partial charge on any atom is 0.251 e. The third-order valence-electron chi connectivity index (χ3n) is 4.02. The highest BCUT2D eigenvalue weighted by Gasteiger charge is 2.20. The Balaban J connectivity index is 1.44. The molecule has 3 N–H and O–H groups in total. The zero-order valence-corrected chi connectivity index (χ0v) is 15.9. The SMILES string of the molecule is NC(=O)c1ccsc1NC(=O)CN1CCN(Cc2ccc(Cl)s2)CC1. The Morgan fingerprint density at radius 1 is 1.16 bits per heavy atom. The lowest BCUT2D eigenvalue weighted by atomic mass is 10.3. The summed E-state index contributed by atoms with van der Waals surface area (Å²) >= 11 is 8.88. The fourth-order valence-corrected chi connectivity index (χ4v) is 4.67. The number of rotatable bonds is 6. The summed E-state index contributed by atoms with van der Waals surface area (Å²) in [4.78, 5) is 29.2. The van der Waals surface area contributed by atoms with Gasteiger partial charge in [0, 0.05) is 37.6 Å². The quantitative estimate of drug-likeness (QED) is 0.782. The molecule has 6 nitrogen and oxygen atoms in total. The smallest absolute Gasteiger partial charge is 0.251 e. The summed E-state index contributed by atoms with van der Waals surface area (Å²) in [5, 5.41) is 5.04. The first-order valence-corrected chi connectivity index (χ1v) is 9.95. The van der Waals surface area contributed by atoms with Crippen LogP contribution in [0.25, 0.3) is 0 Å². The Hall–Kier alpha value is -1.45. The zero-order valence-electron chi connectivity index (χ0n) is 13.5. The molecule has 0 radical (unpaired) electrons. The number of piperazine rings is 1. The molecule has 25 heavy (non-hydrogen) atoms. The van der Waals surface area contributed by atoms with E-state index in [1.54, 1.807) is 22.8 Å². The van der Waals surface area contributed by atoms with Gasteiger partial charge in [-0.1, -0.05) is 11.6 Å². The molecule has 1 saturated heterocycles. The van der Waals surface area contributed by atoms with Crippen molar-refractivity contribution in [1.29, 1.82) is 0 Å². The molecular formula is C16H19ClN4O2S2. The number of nitrogens with zero attached hydrogens (tertiary/aromatic N) is 2. The number of carbonyl (C=O) groups excluding carboxylic acids is 2. The normalized spacial score (nSPS) is 16.0. The highest BCUT2D eigenvalue weighted by atomic mass is 35.5. The summed E-state index contributed by atoms with van der Waals surface area (Å²) in [5.41, 5.74) is 5.65.